The van der Waals surface area contributed by atoms with Crippen LogP contribution in [0.15, 0.2) is 58.9 Å². The number of carbonyl (C=O) groups is 4. The number of benzene rings is 2. The second kappa shape index (κ2) is 9.60. The van der Waals surface area contributed by atoms with Crippen LogP contribution in [0.2, 0.25) is 0 Å². The standard InChI is InChI=1S/C33H34O8/c1-17-13-32(4)16-31(3)14-23-22(20-8-6-7-19(11-20)12-21(35)15-41-5)9-10-24(36)26(23)28(37)27(31)30(39)33(32,40)29(38)25(17)18(2)34/h6-11,36,39-40H,12-16H2,1-5H3/t31-,32+,33+/m1/s1. The first-order valence-corrected chi connectivity index (χ1v) is 13.6. The van der Waals surface area contributed by atoms with Gasteiger partial charge >= 0.3 is 0 Å². The minimum Gasteiger partial charge on any atom is -0.508 e. The minimum absolute atomic E-state index is 0.000484. The molecule has 0 aliphatic heterocycles. The highest BCUT2D eigenvalue weighted by Gasteiger charge is 2.67. The molecule has 0 amide bonds. The van der Waals surface area contributed by atoms with Crippen molar-refractivity contribution in [2.24, 2.45) is 10.8 Å². The van der Waals surface area contributed by atoms with Crippen molar-refractivity contribution < 1.29 is 39.2 Å². The lowest BCUT2D eigenvalue weighted by Crippen LogP contribution is -2.63. The summed E-state index contributed by atoms with van der Waals surface area (Å²) < 4.78 is 4.95. The van der Waals surface area contributed by atoms with Gasteiger partial charge in [0, 0.05) is 29.9 Å². The normalized spacial score (nSPS) is 27.4. The van der Waals surface area contributed by atoms with Crippen molar-refractivity contribution in [1.82, 2.24) is 0 Å². The van der Waals surface area contributed by atoms with E-state index < -0.39 is 39.5 Å². The maximum atomic E-state index is 14.1. The van der Waals surface area contributed by atoms with Gasteiger partial charge in [0.05, 0.1) is 11.1 Å². The van der Waals surface area contributed by atoms with E-state index in [2.05, 4.69) is 0 Å². The lowest BCUT2D eigenvalue weighted by molar-refractivity contribution is -0.157. The number of methoxy groups -OCH3 is 1. The third-order valence-corrected chi connectivity index (χ3v) is 9.08. The Kier molecular flexibility index (Phi) is 6.71. The van der Waals surface area contributed by atoms with Crippen LogP contribution in [-0.2, 0) is 32.0 Å². The molecule has 0 radical (unpaired) electrons. The third-order valence-electron chi connectivity index (χ3n) is 9.08. The molecule has 0 bridgehead atoms. The number of aliphatic hydroxyl groups excluding tert-OH is 1. The highest BCUT2D eigenvalue weighted by molar-refractivity contribution is 6.25. The number of rotatable bonds is 6. The SMILES string of the molecule is COCC(=O)Cc1cccc(-c2ccc(O)c3c2C[C@]2(C)C[C@]4(C)CC(C)=C(C(C)=O)C(=O)[C@]4(O)C(O)=C2C3=O)c1. The van der Waals surface area contributed by atoms with Gasteiger partial charge in [-0.15, -0.1) is 0 Å². The van der Waals surface area contributed by atoms with Crippen LogP contribution in [0.5, 0.6) is 5.75 Å². The average molecular weight is 559 g/mol. The molecule has 0 saturated carbocycles. The van der Waals surface area contributed by atoms with Gasteiger partial charge in [0.15, 0.2) is 23.0 Å². The topological polar surface area (TPSA) is 138 Å². The average Bonchev–Trinajstić information content (AvgIpc) is 2.86. The van der Waals surface area contributed by atoms with Gasteiger partial charge in [-0.2, -0.15) is 0 Å². The number of ether oxygens (including phenoxy) is 1. The molecule has 5 rings (SSSR count). The first-order chi connectivity index (χ1) is 19.2. The summed E-state index contributed by atoms with van der Waals surface area (Å²) in [6.07, 6.45) is 0.782. The fourth-order valence-corrected chi connectivity index (χ4v) is 7.59. The summed E-state index contributed by atoms with van der Waals surface area (Å²) in [6.45, 7) is 6.44. The van der Waals surface area contributed by atoms with E-state index >= 15 is 0 Å². The quantitative estimate of drug-likeness (QED) is 0.444. The van der Waals surface area contributed by atoms with E-state index in [-0.39, 0.29) is 60.5 Å². The van der Waals surface area contributed by atoms with Gasteiger partial charge < -0.3 is 20.1 Å². The molecule has 3 aliphatic rings. The van der Waals surface area contributed by atoms with Gasteiger partial charge in [-0.3, -0.25) is 19.2 Å². The molecule has 0 aromatic heterocycles. The number of fused-ring (bicyclic) bond motifs is 3. The number of carbonyl (C=O) groups excluding carboxylic acids is 4. The van der Waals surface area contributed by atoms with Crippen molar-refractivity contribution in [3.63, 3.8) is 0 Å². The highest BCUT2D eigenvalue weighted by atomic mass is 16.5. The number of phenolic OH excluding ortho intramolecular Hbond substituents is 1. The van der Waals surface area contributed by atoms with Gasteiger partial charge in [-0.25, -0.2) is 0 Å². The summed E-state index contributed by atoms with van der Waals surface area (Å²) in [5.41, 5.74) is -1.55. The number of aliphatic hydroxyl groups is 2. The number of allylic oxidation sites excluding steroid dienone is 2. The van der Waals surface area contributed by atoms with Gasteiger partial charge in [0.2, 0.25) is 5.78 Å². The summed E-state index contributed by atoms with van der Waals surface area (Å²) >= 11 is 0. The molecule has 0 heterocycles. The zero-order chi connectivity index (χ0) is 30.1. The Morgan fingerprint density at radius 2 is 1.76 bits per heavy atom. The van der Waals surface area contributed by atoms with E-state index in [1.165, 1.54) is 20.1 Å². The Bertz CT molecular complexity index is 1610. The van der Waals surface area contributed by atoms with Gasteiger partial charge in [0.25, 0.3) is 0 Å². The molecular weight excluding hydrogens is 524 g/mol. The smallest absolute Gasteiger partial charge is 0.206 e. The second-order valence-corrected chi connectivity index (χ2v) is 12.3. The Morgan fingerprint density at radius 3 is 2.41 bits per heavy atom. The van der Waals surface area contributed by atoms with E-state index in [1.807, 2.05) is 31.2 Å². The number of ketones is 4. The molecule has 214 valence electrons. The Morgan fingerprint density at radius 1 is 1.05 bits per heavy atom. The van der Waals surface area contributed by atoms with Crippen molar-refractivity contribution in [3.05, 3.63) is 75.6 Å². The molecule has 0 spiro atoms. The lowest BCUT2D eigenvalue weighted by Gasteiger charge is -2.56. The predicted molar refractivity (Wildman–Crippen MR) is 151 cm³/mol. The number of hydrogen-bond donors (Lipinski definition) is 3. The molecular formula is C33H34O8. The van der Waals surface area contributed by atoms with E-state index in [0.717, 1.165) is 11.1 Å². The van der Waals surface area contributed by atoms with E-state index in [9.17, 15) is 34.5 Å². The van der Waals surface area contributed by atoms with Crippen LogP contribution < -0.4 is 0 Å². The predicted octanol–water partition coefficient (Wildman–Crippen LogP) is 4.39. The molecule has 8 nitrogen and oxygen atoms in total. The van der Waals surface area contributed by atoms with E-state index in [1.54, 1.807) is 19.9 Å². The monoisotopic (exact) mass is 558 g/mol. The molecule has 3 N–H and O–H groups in total. The number of Topliss-reactive ketones (excluding diaryl/α,β-unsaturated/α-hetero) is 4. The van der Waals surface area contributed by atoms with Crippen LogP contribution in [0.3, 0.4) is 0 Å². The maximum Gasteiger partial charge on any atom is 0.206 e. The summed E-state index contributed by atoms with van der Waals surface area (Å²) in [6, 6.07) is 10.5. The fourth-order valence-electron chi connectivity index (χ4n) is 7.59. The first-order valence-electron chi connectivity index (χ1n) is 13.6. The van der Waals surface area contributed by atoms with Gasteiger partial charge in [-0.1, -0.05) is 49.8 Å². The van der Waals surface area contributed by atoms with Crippen LogP contribution in [0.1, 0.15) is 62.0 Å². The zero-order valence-electron chi connectivity index (χ0n) is 23.9. The summed E-state index contributed by atoms with van der Waals surface area (Å²) in [5, 5.41) is 34.4. The first kappa shape index (κ1) is 28.6. The summed E-state index contributed by atoms with van der Waals surface area (Å²) in [5.74, 6) is -3.19. The van der Waals surface area contributed by atoms with Gasteiger partial charge in [-0.05, 0) is 61.4 Å². The van der Waals surface area contributed by atoms with Crippen LogP contribution in [0, 0.1) is 10.8 Å². The van der Waals surface area contributed by atoms with Crippen molar-refractivity contribution in [2.45, 2.75) is 59.0 Å². The molecule has 3 aliphatic carbocycles. The molecule has 41 heavy (non-hydrogen) atoms. The van der Waals surface area contributed by atoms with Crippen molar-refractivity contribution in [1.29, 1.82) is 0 Å². The third kappa shape index (κ3) is 4.11. The zero-order valence-corrected chi connectivity index (χ0v) is 23.9. The number of aromatic hydroxyl groups is 1. The Hall–Kier alpha value is -3.88. The minimum atomic E-state index is -2.45. The molecule has 2 aromatic rings. The van der Waals surface area contributed by atoms with Crippen LogP contribution in [-0.4, -0.2) is 57.8 Å². The summed E-state index contributed by atoms with van der Waals surface area (Å²) in [7, 11) is 1.46. The second-order valence-electron chi connectivity index (χ2n) is 12.3. The molecule has 3 atom stereocenters. The number of hydrogen-bond acceptors (Lipinski definition) is 8. The van der Waals surface area contributed by atoms with E-state index in [4.69, 9.17) is 4.74 Å². The molecule has 0 fully saturated rings. The summed E-state index contributed by atoms with van der Waals surface area (Å²) in [4.78, 5) is 52.3. The van der Waals surface area contributed by atoms with Crippen LogP contribution in [0.4, 0.5) is 0 Å². The molecule has 0 unspecified atom stereocenters. The largest absolute Gasteiger partial charge is 0.508 e. The van der Waals surface area contributed by atoms with Crippen LogP contribution >= 0.6 is 0 Å². The number of phenols is 1. The van der Waals surface area contributed by atoms with Gasteiger partial charge in [0.1, 0.15) is 18.1 Å². The van der Waals surface area contributed by atoms with Crippen molar-refractivity contribution >= 4 is 23.1 Å². The Labute approximate surface area is 238 Å². The molecule has 0 saturated heterocycles. The molecule has 2 aromatic carbocycles. The van der Waals surface area contributed by atoms with Crippen molar-refractivity contribution in [2.75, 3.05) is 13.7 Å². The van der Waals surface area contributed by atoms with Crippen LogP contribution in [0.25, 0.3) is 11.1 Å². The maximum absolute atomic E-state index is 14.1. The van der Waals surface area contributed by atoms with E-state index in [0.29, 0.717) is 16.7 Å². The lowest BCUT2D eigenvalue weighted by atomic mass is 9.48. The Balaban J connectivity index is 1.68. The highest BCUT2D eigenvalue weighted by Crippen LogP contribution is 2.62. The molecule has 8 heteroatoms. The fraction of sp³-hybridized carbons (Fsp3) is 0.394. The van der Waals surface area contributed by atoms with Crippen molar-refractivity contribution in [3.8, 4) is 16.9 Å².